The molecule has 0 bridgehead atoms. The predicted molar refractivity (Wildman–Crippen MR) is 100 cm³/mol. The average Bonchev–Trinajstić information content (AvgIpc) is 3.07. The van der Waals surface area contributed by atoms with Crippen LogP contribution >= 0.6 is 0 Å². The number of sulfonamides is 1. The minimum Gasteiger partial charge on any atom is -0.367 e. The monoisotopic (exact) mass is 428 g/mol. The molecule has 2 aromatic heterocycles. The molecule has 0 atom stereocenters. The van der Waals surface area contributed by atoms with Gasteiger partial charge in [0.15, 0.2) is 5.65 Å². The SMILES string of the molecule is Cc1ccc(S(=O)(=O)NCCNc2nn3c(C(F)(F)F)nnc3c(C)c2C)cc1. The van der Waals surface area contributed by atoms with E-state index in [0.29, 0.717) is 15.6 Å². The minimum absolute atomic E-state index is 0.0143. The fraction of sp³-hybridized carbons (Fsp3) is 0.353. The molecule has 2 N–H and O–H groups in total. The third-order valence-corrected chi connectivity index (χ3v) is 5.87. The van der Waals surface area contributed by atoms with Crippen LogP contribution in [0.1, 0.15) is 22.5 Å². The van der Waals surface area contributed by atoms with Crippen LogP contribution in [0.25, 0.3) is 5.65 Å². The maximum absolute atomic E-state index is 13.1. The second kappa shape index (κ2) is 7.59. The van der Waals surface area contributed by atoms with E-state index in [2.05, 4.69) is 25.3 Å². The zero-order valence-electron chi connectivity index (χ0n) is 15.9. The van der Waals surface area contributed by atoms with Crippen molar-refractivity contribution in [2.45, 2.75) is 31.8 Å². The molecule has 8 nitrogen and oxygen atoms in total. The lowest BCUT2D eigenvalue weighted by Gasteiger charge is -2.13. The molecule has 0 saturated carbocycles. The molecule has 0 unspecified atom stereocenters. The van der Waals surface area contributed by atoms with Crippen LogP contribution in [0, 0.1) is 20.8 Å². The number of nitrogens with one attached hydrogen (secondary N) is 2. The smallest absolute Gasteiger partial charge is 0.367 e. The topological polar surface area (TPSA) is 101 Å². The summed E-state index contributed by atoms with van der Waals surface area (Å²) in [4.78, 5) is 0.133. The van der Waals surface area contributed by atoms with E-state index in [1.165, 1.54) is 12.1 Å². The summed E-state index contributed by atoms with van der Waals surface area (Å²) in [5.41, 5.74) is 2.04. The molecule has 0 fully saturated rings. The van der Waals surface area contributed by atoms with Gasteiger partial charge in [-0.3, -0.25) is 0 Å². The maximum atomic E-state index is 13.1. The molecule has 0 aliphatic heterocycles. The van der Waals surface area contributed by atoms with E-state index < -0.39 is 22.0 Å². The summed E-state index contributed by atoms with van der Waals surface area (Å²) in [5, 5.41) is 13.6. The van der Waals surface area contributed by atoms with Gasteiger partial charge in [0.2, 0.25) is 10.0 Å². The van der Waals surface area contributed by atoms with Crippen molar-refractivity contribution in [1.82, 2.24) is 24.5 Å². The first-order valence-electron chi connectivity index (χ1n) is 8.61. The molecule has 0 saturated heterocycles. The molecule has 156 valence electrons. The summed E-state index contributed by atoms with van der Waals surface area (Å²) in [6, 6.07) is 6.38. The number of halogens is 3. The number of aromatic nitrogens is 4. The van der Waals surface area contributed by atoms with E-state index in [4.69, 9.17) is 0 Å². The second-order valence-electron chi connectivity index (χ2n) is 6.49. The van der Waals surface area contributed by atoms with Crippen molar-refractivity contribution >= 4 is 21.5 Å². The Morgan fingerprint density at radius 1 is 1.00 bits per heavy atom. The molecular formula is C17H19F3N6O2S. The van der Waals surface area contributed by atoms with Crippen molar-refractivity contribution in [1.29, 1.82) is 0 Å². The summed E-state index contributed by atoms with van der Waals surface area (Å²) in [7, 11) is -3.69. The van der Waals surface area contributed by atoms with E-state index in [-0.39, 0.29) is 29.5 Å². The number of rotatable bonds is 6. The van der Waals surface area contributed by atoms with E-state index >= 15 is 0 Å². The average molecular weight is 428 g/mol. The summed E-state index contributed by atoms with van der Waals surface area (Å²) in [6.45, 7) is 5.29. The molecule has 3 aromatic rings. The van der Waals surface area contributed by atoms with Gasteiger partial charge in [-0.2, -0.15) is 17.7 Å². The lowest BCUT2D eigenvalue weighted by Crippen LogP contribution is -2.29. The van der Waals surface area contributed by atoms with Crippen molar-refractivity contribution in [3.05, 3.63) is 46.8 Å². The third kappa shape index (κ3) is 4.32. The molecule has 0 amide bonds. The lowest BCUT2D eigenvalue weighted by atomic mass is 10.2. The van der Waals surface area contributed by atoms with Gasteiger partial charge in [0.25, 0.3) is 5.82 Å². The fourth-order valence-corrected chi connectivity index (χ4v) is 3.67. The summed E-state index contributed by atoms with van der Waals surface area (Å²) < 4.78 is 66.9. The Kier molecular flexibility index (Phi) is 5.50. The van der Waals surface area contributed by atoms with E-state index in [0.717, 1.165) is 5.56 Å². The first-order valence-corrected chi connectivity index (χ1v) is 10.1. The minimum atomic E-state index is -4.70. The highest BCUT2D eigenvalue weighted by atomic mass is 32.2. The zero-order chi connectivity index (χ0) is 21.4. The summed E-state index contributed by atoms with van der Waals surface area (Å²) in [5.74, 6) is -1.03. The number of fused-ring (bicyclic) bond motifs is 1. The van der Waals surface area contributed by atoms with Gasteiger partial charge in [-0.05, 0) is 38.5 Å². The van der Waals surface area contributed by atoms with Crippen molar-refractivity contribution in [2.75, 3.05) is 18.4 Å². The van der Waals surface area contributed by atoms with Crippen molar-refractivity contribution in [3.63, 3.8) is 0 Å². The van der Waals surface area contributed by atoms with Crippen LogP contribution in [0.3, 0.4) is 0 Å². The predicted octanol–water partition coefficient (Wildman–Crippen LogP) is 2.46. The Labute approximate surface area is 165 Å². The van der Waals surface area contributed by atoms with Crippen LogP contribution in [0.15, 0.2) is 29.2 Å². The molecular weight excluding hydrogens is 409 g/mol. The number of alkyl halides is 3. The van der Waals surface area contributed by atoms with Crippen molar-refractivity contribution in [2.24, 2.45) is 0 Å². The van der Waals surface area contributed by atoms with Crippen LogP contribution in [0.2, 0.25) is 0 Å². The number of anilines is 1. The molecule has 12 heteroatoms. The van der Waals surface area contributed by atoms with Crippen LogP contribution < -0.4 is 10.0 Å². The van der Waals surface area contributed by atoms with Crippen LogP contribution in [0.4, 0.5) is 19.0 Å². The Morgan fingerprint density at radius 3 is 2.28 bits per heavy atom. The number of aryl methyl sites for hydroxylation is 2. The van der Waals surface area contributed by atoms with E-state index in [9.17, 15) is 21.6 Å². The van der Waals surface area contributed by atoms with Gasteiger partial charge in [0, 0.05) is 18.7 Å². The Balaban J connectivity index is 1.74. The quantitative estimate of drug-likeness (QED) is 0.585. The first-order chi connectivity index (χ1) is 13.5. The fourth-order valence-electron chi connectivity index (χ4n) is 2.64. The van der Waals surface area contributed by atoms with Gasteiger partial charge in [0.05, 0.1) is 4.90 Å². The van der Waals surface area contributed by atoms with Gasteiger partial charge < -0.3 is 5.32 Å². The van der Waals surface area contributed by atoms with Gasteiger partial charge in [0.1, 0.15) is 5.82 Å². The Hall–Kier alpha value is -2.73. The van der Waals surface area contributed by atoms with Gasteiger partial charge in [-0.25, -0.2) is 13.1 Å². The molecule has 2 heterocycles. The molecule has 0 radical (unpaired) electrons. The molecule has 3 rings (SSSR count). The highest BCUT2D eigenvalue weighted by molar-refractivity contribution is 7.89. The standard InChI is InChI=1S/C17H19F3N6O2S/c1-10-4-6-13(7-5-10)29(27,28)22-9-8-21-14-11(2)12(3)15-23-24-16(17(18,19)20)26(15)25-14/h4-7,22H,8-9H2,1-3H3,(H,21,25). The zero-order valence-corrected chi connectivity index (χ0v) is 16.7. The molecule has 0 aliphatic rings. The normalized spacial score (nSPS) is 12.5. The van der Waals surface area contributed by atoms with Crippen molar-refractivity contribution in [3.8, 4) is 0 Å². The van der Waals surface area contributed by atoms with Crippen LogP contribution in [0.5, 0.6) is 0 Å². The Bertz CT molecular complexity index is 1140. The van der Waals surface area contributed by atoms with Gasteiger partial charge >= 0.3 is 6.18 Å². The number of hydrogen-bond donors (Lipinski definition) is 2. The first kappa shape index (κ1) is 21.0. The number of nitrogens with zero attached hydrogens (tertiary/aromatic N) is 4. The molecule has 1 aromatic carbocycles. The van der Waals surface area contributed by atoms with E-state index in [1.807, 2.05) is 6.92 Å². The van der Waals surface area contributed by atoms with Crippen LogP contribution in [-0.2, 0) is 16.2 Å². The summed E-state index contributed by atoms with van der Waals surface area (Å²) in [6.07, 6.45) is -4.70. The molecule has 0 aliphatic carbocycles. The van der Waals surface area contributed by atoms with E-state index in [1.54, 1.807) is 26.0 Å². The summed E-state index contributed by atoms with van der Waals surface area (Å²) >= 11 is 0. The largest absolute Gasteiger partial charge is 0.453 e. The third-order valence-electron chi connectivity index (χ3n) is 4.39. The number of hydrogen-bond acceptors (Lipinski definition) is 6. The van der Waals surface area contributed by atoms with Gasteiger partial charge in [-0.1, -0.05) is 17.7 Å². The van der Waals surface area contributed by atoms with Crippen LogP contribution in [-0.4, -0.2) is 41.3 Å². The number of benzene rings is 1. The Morgan fingerprint density at radius 2 is 1.66 bits per heavy atom. The highest BCUT2D eigenvalue weighted by Crippen LogP contribution is 2.29. The molecule has 29 heavy (non-hydrogen) atoms. The molecule has 0 spiro atoms. The second-order valence-corrected chi connectivity index (χ2v) is 8.26. The highest BCUT2D eigenvalue weighted by Gasteiger charge is 2.38. The maximum Gasteiger partial charge on any atom is 0.453 e. The lowest BCUT2D eigenvalue weighted by molar-refractivity contribution is -0.146. The van der Waals surface area contributed by atoms with Gasteiger partial charge in [-0.15, -0.1) is 15.3 Å². The van der Waals surface area contributed by atoms with Crippen molar-refractivity contribution < 1.29 is 21.6 Å².